The number of aromatic amines is 1. The van der Waals surface area contributed by atoms with Crippen LogP contribution in [0.25, 0.3) is 10.9 Å². The lowest BCUT2D eigenvalue weighted by Crippen LogP contribution is -2.27. The highest BCUT2D eigenvalue weighted by atomic mass is 32.2. The maximum absolute atomic E-state index is 11.9. The molecular weight excluding hydrogens is 286 g/mol. The Labute approximate surface area is 127 Å². The minimum absolute atomic E-state index is 0.0827. The molecule has 1 atom stereocenters. The van der Waals surface area contributed by atoms with Crippen LogP contribution in [0.15, 0.2) is 24.4 Å². The van der Waals surface area contributed by atoms with Crippen molar-refractivity contribution in [1.29, 1.82) is 0 Å². The van der Waals surface area contributed by atoms with E-state index in [1.165, 1.54) is 17.3 Å². The Morgan fingerprint density at radius 3 is 3.19 bits per heavy atom. The summed E-state index contributed by atoms with van der Waals surface area (Å²) >= 11 is 1.28. The van der Waals surface area contributed by atoms with Crippen LogP contribution in [0.5, 0.6) is 0 Å². The lowest BCUT2D eigenvalue weighted by atomic mass is 10.1. The van der Waals surface area contributed by atoms with Gasteiger partial charge in [-0.2, -0.15) is 5.10 Å². The number of likely N-dealkylation sites (tertiary alicyclic amines) is 1. The summed E-state index contributed by atoms with van der Waals surface area (Å²) in [5.74, 6) is 0.149. The fraction of sp³-hybridized carbons (Fsp3) is 0.400. The molecule has 0 radical (unpaired) electrons. The number of thioether (sulfide) groups is 1. The zero-order valence-corrected chi connectivity index (χ0v) is 12.7. The lowest BCUT2D eigenvalue weighted by Gasteiger charge is -2.16. The molecule has 1 aliphatic rings. The van der Waals surface area contributed by atoms with E-state index in [1.54, 1.807) is 13.1 Å². The third kappa shape index (κ3) is 3.26. The number of H-pyrrole nitrogens is 1. The van der Waals surface area contributed by atoms with Crippen molar-refractivity contribution in [1.82, 2.24) is 15.1 Å². The summed E-state index contributed by atoms with van der Waals surface area (Å²) in [6.07, 6.45) is 3.09. The van der Waals surface area contributed by atoms with Crippen LogP contribution < -0.4 is 0 Å². The largest absolute Gasteiger partial charge is 0.341 e. The maximum atomic E-state index is 11.9. The van der Waals surface area contributed by atoms with Crippen molar-refractivity contribution >= 4 is 33.7 Å². The van der Waals surface area contributed by atoms with Gasteiger partial charge in [0.25, 0.3) is 0 Å². The Balaban J connectivity index is 1.59. The highest BCUT2D eigenvalue weighted by molar-refractivity contribution is 8.14. The summed E-state index contributed by atoms with van der Waals surface area (Å²) in [4.78, 5) is 24.9. The van der Waals surface area contributed by atoms with Crippen LogP contribution in [-0.2, 0) is 16.0 Å². The summed E-state index contributed by atoms with van der Waals surface area (Å²) in [7, 11) is 0. The van der Waals surface area contributed by atoms with Gasteiger partial charge in [-0.3, -0.25) is 14.7 Å². The van der Waals surface area contributed by atoms with Gasteiger partial charge < -0.3 is 4.90 Å². The van der Waals surface area contributed by atoms with E-state index in [4.69, 9.17) is 0 Å². The highest BCUT2D eigenvalue weighted by Crippen LogP contribution is 2.24. The van der Waals surface area contributed by atoms with E-state index in [-0.39, 0.29) is 16.3 Å². The Hall–Kier alpha value is -1.82. The number of rotatable bonds is 4. The van der Waals surface area contributed by atoms with Gasteiger partial charge in [0.2, 0.25) is 5.91 Å². The van der Waals surface area contributed by atoms with E-state index in [0.29, 0.717) is 19.5 Å². The van der Waals surface area contributed by atoms with E-state index in [1.807, 2.05) is 11.0 Å². The first-order valence-electron chi connectivity index (χ1n) is 6.99. The van der Waals surface area contributed by atoms with Crippen LogP contribution in [0.1, 0.15) is 18.9 Å². The monoisotopic (exact) mass is 303 g/mol. The lowest BCUT2D eigenvalue weighted by molar-refractivity contribution is -0.127. The molecule has 5 nitrogen and oxygen atoms in total. The molecule has 2 aromatic rings. The Morgan fingerprint density at radius 1 is 1.52 bits per heavy atom. The van der Waals surface area contributed by atoms with Gasteiger partial charge in [-0.1, -0.05) is 23.9 Å². The molecule has 1 amide bonds. The molecule has 110 valence electrons. The minimum atomic E-state index is 0.0827. The Morgan fingerprint density at radius 2 is 2.38 bits per heavy atom. The van der Waals surface area contributed by atoms with Crippen molar-refractivity contribution in [3.8, 4) is 0 Å². The van der Waals surface area contributed by atoms with Crippen LogP contribution in [0.4, 0.5) is 0 Å². The van der Waals surface area contributed by atoms with E-state index >= 15 is 0 Å². The molecule has 0 bridgehead atoms. The predicted octanol–water partition coefficient (Wildman–Crippen LogP) is 1.99. The van der Waals surface area contributed by atoms with Crippen molar-refractivity contribution in [2.75, 3.05) is 13.1 Å². The molecule has 6 heteroatoms. The van der Waals surface area contributed by atoms with Gasteiger partial charge >= 0.3 is 0 Å². The van der Waals surface area contributed by atoms with Gasteiger partial charge in [0.05, 0.1) is 11.7 Å². The second-order valence-corrected chi connectivity index (χ2v) is 6.79. The van der Waals surface area contributed by atoms with Crippen LogP contribution in [-0.4, -0.2) is 44.5 Å². The highest BCUT2D eigenvalue weighted by Gasteiger charge is 2.30. The van der Waals surface area contributed by atoms with E-state index in [0.717, 1.165) is 17.3 Å². The molecule has 1 unspecified atom stereocenters. The number of hydrogen-bond acceptors (Lipinski definition) is 4. The molecule has 1 aromatic carbocycles. The van der Waals surface area contributed by atoms with Crippen molar-refractivity contribution < 1.29 is 9.59 Å². The standard InChI is InChI=1S/C15H17N3O2S/c1-10(19)21-13-7-15(20)18(9-13)5-4-11-2-3-12-8-16-17-14(12)6-11/h2-3,6,8,13H,4-5,7,9H2,1H3,(H,16,17). The van der Waals surface area contributed by atoms with Gasteiger partial charge in [0, 0.05) is 37.1 Å². The number of nitrogens with one attached hydrogen (secondary N) is 1. The second kappa shape index (κ2) is 5.89. The SMILES string of the molecule is CC(=O)SC1CC(=O)N(CCc2ccc3cn[nH]c3c2)C1. The minimum Gasteiger partial charge on any atom is -0.341 e. The average molecular weight is 303 g/mol. The van der Waals surface area contributed by atoms with Crippen LogP contribution >= 0.6 is 11.8 Å². The predicted molar refractivity (Wildman–Crippen MR) is 83.1 cm³/mol. The topological polar surface area (TPSA) is 66.1 Å². The third-order valence-electron chi connectivity index (χ3n) is 3.69. The van der Waals surface area contributed by atoms with Crippen molar-refractivity contribution in [3.05, 3.63) is 30.0 Å². The average Bonchev–Trinajstić information content (AvgIpc) is 3.01. The molecule has 21 heavy (non-hydrogen) atoms. The maximum Gasteiger partial charge on any atom is 0.223 e. The number of amides is 1. The molecule has 1 saturated heterocycles. The molecule has 0 saturated carbocycles. The van der Waals surface area contributed by atoms with Crippen LogP contribution in [0, 0.1) is 0 Å². The quantitative estimate of drug-likeness (QED) is 0.938. The Bertz CT molecular complexity index is 682. The van der Waals surface area contributed by atoms with Gasteiger partial charge in [-0.25, -0.2) is 0 Å². The van der Waals surface area contributed by atoms with Crippen LogP contribution in [0.3, 0.4) is 0 Å². The third-order valence-corrected chi connectivity index (χ3v) is 4.67. The number of carbonyl (C=O) groups excluding carboxylic acids is 2. The smallest absolute Gasteiger partial charge is 0.223 e. The number of aromatic nitrogens is 2. The molecule has 3 rings (SSSR count). The van der Waals surface area contributed by atoms with Crippen molar-refractivity contribution in [2.24, 2.45) is 0 Å². The number of hydrogen-bond donors (Lipinski definition) is 1. The first-order valence-corrected chi connectivity index (χ1v) is 7.87. The molecule has 1 N–H and O–H groups in total. The van der Waals surface area contributed by atoms with Gasteiger partial charge in [-0.05, 0) is 18.1 Å². The van der Waals surface area contributed by atoms with Crippen LogP contribution in [0.2, 0.25) is 0 Å². The summed E-state index contributed by atoms with van der Waals surface area (Å²) in [6, 6.07) is 6.18. The second-order valence-electron chi connectivity index (χ2n) is 5.32. The van der Waals surface area contributed by atoms with E-state index in [2.05, 4.69) is 22.3 Å². The van der Waals surface area contributed by atoms with Gasteiger partial charge in [-0.15, -0.1) is 0 Å². The summed E-state index contributed by atoms with van der Waals surface area (Å²) < 4.78 is 0. The van der Waals surface area contributed by atoms with E-state index in [9.17, 15) is 9.59 Å². The van der Waals surface area contributed by atoms with E-state index < -0.39 is 0 Å². The normalized spacial score (nSPS) is 18.6. The van der Waals surface area contributed by atoms with Crippen molar-refractivity contribution in [3.63, 3.8) is 0 Å². The molecule has 1 aliphatic heterocycles. The zero-order valence-electron chi connectivity index (χ0n) is 11.8. The fourth-order valence-corrected chi connectivity index (χ4v) is 3.62. The van der Waals surface area contributed by atoms with Gasteiger partial charge in [0.15, 0.2) is 5.12 Å². The summed E-state index contributed by atoms with van der Waals surface area (Å²) in [6.45, 7) is 2.93. The zero-order chi connectivity index (χ0) is 14.8. The number of benzene rings is 1. The fourth-order valence-electron chi connectivity index (χ4n) is 2.67. The summed E-state index contributed by atoms with van der Waals surface area (Å²) in [5.41, 5.74) is 2.20. The first-order chi connectivity index (χ1) is 10.1. The molecule has 0 spiro atoms. The van der Waals surface area contributed by atoms with Crippen molar-refractivity contribution in [2.45, 2.75) is 25.0 Å². The molecule has 1 fully saturated rings. The number of nitrogens with zero attached hydrogens (tertiary/aromatic N) is 2. The molecular formula is C15H17N3O2S. The first kappa shape index (κ1) is 14.1. The van der Waals surface area contributed by atoms with Gasteiger partial charge in [0.1, 0.15) is 0 Å². The summed E-state index contributed by atoms with van der Waals surface area (Å²) in [5, 5.41) is 8.25. The number of fused-ring (bicyclic) bond motifs is 1. The number of carbonyl (C=O) groups is 2. The molecule has 0 aliphatic carbocycles. The molecule has 1 aromatic heterocycles. The Kier molecular flexibility index (Phi) is 3.96. The molecule has 2 heterocycles.